The minimum Gasteiger partial charge on any atom is -0.419 e. The Hall–Kier alpha value is -2.38. The first-order valence-corrected chi connectivity index (χ1v) is 9.17. The van der Waals surface area contributed by atoms with Crippen molar-refractivity contribution in [3.63, 3.8) is 0 Å². The van der Waals surface area contributed by atoms with Crippen LogP contribution in [0.5, 0.6) is 0 Å². The number of esters is 2. The van der Waals surface area contributed by atoms with Gasteiger partial charge >= 0.3 is 11.9 Å². The molecule has 0 amide bonds. The lowest BCUT2D eigenvalue weighted by Crippen LogP contribution is -2.45. The Morgan fingerprint density at radius 1 is 0.926 bits per heavy atom. The summed E-state index contributed by atoms with van der Waals surface area (Å²) in [6.45, 7) is 6.11. The van der Waals surface area contributed by atoms with E-state index in [0.29, 0.717) is 13.2 Å². The average Bonchev–Trinajstić information content (AvgIpc) is 3.07. The van der Waals surface area contributed by atoms with E-state index >= 15 is 0 Å². The maximum absolute atomic E-state index is 12.0. The summed E-state index contributed by atoms with van der Waals surface area (Å²) in [4.78, 5) is 26.4. The molecular weight excluding hydrogens is 350 g/mol. The molecule has 1 aromatic carbocycles. The van der Waals surface area contributed by atoms with Gasteiger partial charge < -0.3 is 23.8 Å². The van der Waals surface area contributed by atoms with E-state index in [1.54, 1.807) is 0 Å². The van der Waals surface area contributed by atoms with Crippen LogP contribution in [0.15, 0.2) is 29.8 Å². The van der Waals surface area contributed by atoms with Gasteiger partial charge in [-0.3, -0.25) is 0 Å². The molecular formula is C20H23NO6. The minimum atomic E-state index is -1.23. The van der Waals surface area contributed by atoms with Crippen molar-refractivity contribution in [2.24, 2.45) is 0 Å². The van der Waals surface area contributed by atoms with Crippen LogP contribution in [0.4, 0.5) is 5.69 Å². The number of carbonyl (C=O) groups is 2. The molecule has 3 saturated heterocycles. The van der Waals surface area contributed by atoms with E-state index < -0.39 is 23.5 Å². The van der Waals surface area contributed by atoms with Crippen LogP contribution in [-0.4, -0.2) is 49.8 Å². The number of ether oxygens (including phenoxy) is 4. The number of hydrogen-bond donors (Lipinski definition) is 0. The summed E-state index contributed by atoms with van der Waals surface area (Å²) in [6, 6.07) is 7.69. The molecule has 7 heteroatoms. The van der Waals surface area contributed by atoms with Crippen molar-refractivity contribution >= 4 is 23.7 Å². The van der Waals surface area contributed by atoms with Crippen LogP contribution >= 0.6 is 0 Å². The van der Waals surface area contributed by atoms with E-state index in [4.69, 9.17) is 18.9 Å². The molecule has 0 bridgehead atoms. The summed E-state index contributed by atoms with van der Waals surface area (Å²) in [5, 5.41) is 0. The molecule has 1 spiro atoms. The SMILES string of the molecule is CC1(C)OC(=O)C(=Cc2ccc(N3CCC4(CC3)OCCO4)cc2)C(=O)O1. The summed E-state index contributed by atoms with van der Waals surface area (Å²) >= 11 is 0. The molecule has 3 aliphatic rings. The number of piperidine rings is 1. The normalized spacial score (nSPS) is 23.9. The molecule has 0 saturated carbocycles. The first kappa shape index (κ1) is 18.0. The highest BCUT2D eigenvalue weighted by Crippen LogP contribution is 2.33. The third-order valence-electron chi connectivity index (χ3n) is 5.02. The zero-order valence-corrected chi connectivity index (χ0v) is 15.5. The van der Waals surface area contributed by atoms with E-state index in [9.17, 15) is 9.59 Å². The van der Waals surface area contributed by atoms with Gasteiger partial charge in [-0.15, -0.1) is 0 Å². The Labute approximate surface area is 157 Å². The summed E-state index contributed by atoms with van der Waals surface area (Å²) in [6.07, 6.45) is 3.17. The number of cyclic esters (lactones) is 2. The van der Waals surface area contributed by atoms with Crippen LogP contribution in [0.2, 0.25) is 0 Å². The van der Waals surface area contributed by atoms with Crippen molar-refractivity contribution in [2.45, 2.75) is 38.3 Å². The number of hydrogen-bond acceptors (Lipinski definition) is 7. The molecule has 0 N–H and O–H groups in total. The van der Waals surface area contributed by atoms with Crippen molar-refractivity contribution < 1.29 is 28.5 Å². The lowest BCUT2D eigenvalue weighted by atomic mass is 10.0. The summed E-state index contributed by atoms with van der Waals surface area (Å²) in [5.74, 6) is -2.96. The molecule has 0 aliphatic carbocycles. The number of rotatable bonds is 2. The van der Waals surface area contributed by atoms with Gasteiger partial charge in [0.1, 0.15) is 5.57 Å². The van der Waals surface area contributed by atoms with Gasteiger partial charge in [0.2, 0.25) is 0 Å². The second-order valence-electron chi connectivity index (χ2n) is 7.42. The molecule has 0 aromatic heterocycles. The van der Waals surface area contributed by atoms with Gasteiger partial charge in [0, 0.05) is 45.5 Å². The first-order chi connectivity index (χ1) is 12.9. The van der Waals surface area contributed by atoms with Crippen LogP contribution < -0.4 is 4.90 Å². The van der Waals surface area contributed by atoms with Crippen LogP contribution in [0.3, 0.4) is 0 Å². The largest absolute Gasteiger partial charge is 0.419 e. The maximum atomic E-state index is 12.0. The van der Waals surface area contributed by atoms with Gasteiger partial charge in [-0.2, -0.15) is 0 Å². The Morgan fingerprint density at radius 2 is 1.48 bits per heavy atom. The van der Waals surface area contributed by atoms with Gasteiger partial charge in [-0.25, -0.2) is 9.59 Å². The second kappa shape index (κ2) is 6.65. The fraction of sp³-hybridized carbons (Fsp3) is 0.500. The average molecular weight is 373 g/mol. The third kappa shape index (κ3) is 3.70. The highest BCUT2D eigenvalue weighted by Gasteiger charge is 2.40. The maximum Gasteiger partial charge on any atom is 0.348 e. The van der Waals surface area contributed by atoms with E-state index in [2.05, 4.69) is 4.90 Å². The van der Waals surface area contributed by atoms with Crippen LogP contribution in [0.1, 0.15) is 32.3 Å². The number of carbonyl (C=O) groups excluding carboxylic acids is 2. The van der Waals surface area contributed by atoms with Gasteiger partial charge in [-0.1, -0.05) is 12.1 Å². The van der Waals surface area contributed by atoms with Crippen molar-refractivity contribution in [3.05, 3.63) is 35.4 Å². The van der Waals surface area contributed by atoms with E-state index in [-0.39, 0.29) is 5.57 Å². The predicted molar refractivity (Wildman–Crippen MR) is 96.8 cm³/mol. The topological polar surface area (TPSA) is 74.3 Å². The van der Waals surface area contributed by atoms with Gasteiger partial charge in [0.05, 0.1) is 13.2 Å². The predicted octanol–water partition coefficient (Wildman–Crippen LogP) is 2.25. The smallest absolute Gasteiger partial charge is 0.348 e. The molecule has 0 atom stereocenters. The number of benzene rings is 1. The minimum absolute atomic E-state index is 0.0995. The Kier molecular flexibility index (Phi) is 4.44. The number of anilines is 1. The van der Waals surface area contributed by atoms with E-state index in [1.807, 2.05) is 24.3 Å². The molecule has 3 fully saturated rings. The molecule has 27 heavy (non-hydrogen) atoms. The third-order valence-corrected chi connectivity index (χ3v) is 5.02. The Balaban J connectivity index is 1.44. The van der Waals surface area contributed by atoms with Gasteiger partial charge in [-0.05, 0) is 23.8 Å². The highest BCUT2D eigenvalue weighted by atomic mass is 16.7. The molecule has 7 nitrogen and oxygen atoms in total. The van der Waals surface area contributed by atoms with Crippen molar-refractivity contribution in [1.82, 2.24) is 0 Å². The van der Waals surface area contributed by atoms with Gasteiger partial charge in [0.25, 0.3) is 5.79 Å². The lowest BCUT2D eigenvalue weighted by Gasteiger charge is -2.38. The van der Waals surface area contributed by atoms with Crippen LogP contribution in [-0.2, 0) is 28.5 Å². The highest BCUT2D eigenvalue weighted by molar-refractivity contribution is 6.18. The Bertz CT molecular complexity index is 744. The first-order valence-electron chi connectivity index (χ1n) is 9.17. The molecule has 4 rings (SSSR count). The van der Waals surface area contributed by atoms with E-state index in [0.717, 1.165) is 37.2 Å². The van der Waals surface area contributed by atoms with Crippen molar-refractivity contribution in [1.29, 1.82) is 0 Å². The summed E-state index contributed by atoms with van der Waals surface area (Å²) < 4.78 is 21.7. The van der Waals surface area contributed by atoms with Crippen molar-refractivity contribution in [2.75, 3.05) is 31.2 Å². The quantitative estimate of drug-likeness (QED) is 0.447. The molecule has 144 valence electrons. The zero-order valence-electron chi connectivity index (χ0n) is 15.5. The van der Waals surface area contributed by atoms with E-state index in [1.165, 1.54) is 19.9 Å². The molecule has 0 unspecified atom stereocenters. The fourth-order valence-electron chi connectivity index (χ4n) is 3.62. The van der Waals surface area contributed by atoms with Crippen LogP contribution in [0.25, 0.3) is 6.08 Å². The molecule has 3 heterocycles. The second-order valence-corrected chi connectivity index (χ2v) is 7.42. The fourth-order valence-corrected chi connectivity index (χ4v) is 3.62. The van der Waals surface area contributed by atoms with Crippen LogP contribution in [0, 0.1) is 0 Å². The summed E-state index contributed by atoms with van der Waals surface area (Å²) in [5.41, 5.74) is 1.72. The van der Waals surface area contributed by atoms with Crippen molar-refractivity contribution in [3.8, 4) is 0 Å². The standard InChI is InChI=1S/C20H23NO6/c1-19(2)26-17(22)16(18(23)27-19)13-14-3-5-15(6-4-14)21-9-7-20(8-10-21)24-11-12-25-20/h3-6,13H,7-12H2,1-2H3. The molecule has 1 aromatic rings. The lowest BCUT2D eigenvalue weighted by molar-refractivity contribution is -0.222. The summed E-state index contributed by atoms with van der Waals surface area (Å²) in [7, 11) is 0. The molecule has 3 aliphatic heterocycles. The van der Waals surface area contributed by atoms with Gasteiger partial charge in [0.15, 0.2) is 5.79 Å². The number of nitrogens with zero attached hydrogens (tertiary/aromatic N) is 1. The monoisotopic (exact) mass is 373 g/mol. The molecule has 0 radical (unpaired) electrons. The zero-order chi connectivity index (χ0) is 19.1. The Morgan fingerprint density at radius 3 is 2.04 bits per heavy atom.